The van der Waals surface area contributed by atoms with Crippen molar-refractivity contribution in [2.45, 2.75) is 51.4 Å². The van der Waals surface area contributed by atoms with Gasteiger partial charge >= 0.3 is 6.18 Å². The number of alkyl halides is 3. The highest BCUT2D eigenvalue weighted by Gasteiger charge is 2.66. The Morgan fingerprint density at radius 1 is 1.19 bits per heavy atom. The van der Waals surface area contributed by atoms with Gasteiger partial charge in [-0.05, 0) is 42.0 Å². The number of nitrogens with zero attached hydrogens (tertiary/aromatic N) is 6. The van der Waals surface area contributed by atoms with Crippen molar-refractivity contribution < 1.29 is 13.2 Å². The molecule has 0 spiro atoms. The minimum absolute atomic E-state index is 0.0410. The van der Waals surface area contributed by atoms with E-state index in [0.29, 0.717) is 45.1 Å². The summed E-state index contributed by atoms with van der Waals surface area (Å²) in [5.41, 5.74) is 3.56. The van der Waals surface area contributed by atoms with Gasteiger partial charge in [-0.25, -0.2) is 9.67 Å². The maximum absolute atomic E-state index is 13.9. The summed E-state index contributed by atoms with van der Waals surface area (Å²) in [7, 11) is 0. The third-order valence-electron chi connectivity index (χ3n) is 7.35. The van der Waals surface area contributed by atoms with Crippen LogP contribution in [0.5, 0.6) is 0 Å². The maximum atomic E-state index is 13.9. The van der Waals surface area contributed by atoms with Gasteiger partial charge in [0.2, 0.25) is 0 Å². The normalized spacial score (nSPS) is 15.5. The summed E-state index contributed by atoms with van der Waals surface area (Å²) in [5.74, 6) is 0. The molecule has 0 radical (unpaired) electrons. The number of nitriles is 1. The number of rotatable bonds is 7. The zero-order chi connectivity index (χ0) is 29.9. The first-order valence-corrected chi connectivity index (χ1v) is 14.5. The first-order chi connectivity index (χ1) is 19.9. The lowest BCUT2D eigenvalue weighted by Crippen LogP contribution is -2.35. The van der Waals surface area contributed by atoms with Gasteiger partial charge in [-0.1, -0.05) is 49.7 Å². The molecule has 0 amide bonds. The quantitative estimate of drug-likeness (QED) is 0.195. The summed E-state index contributed by atoms with van der Waals surface area (Å²) in [4.78, 5) is 8.83. The van der Waals surface area contributed by atoms with Gasteiger partial charge in [0.25, 0.3) is 0 Å². The number of benzene rings is 2. The van der Waals surface area contributed by atoms with E-state index in [1.54, 1.807) is 11.6 Å². The fourth-order valence-corrected chi connectivity index (χ4v) is 6.07. The Labute approximate surface area is 248 Å². The Hall–Kier alpha value is -3.95. The highest BCUT2D eigenvalue weighted by Crippen LogP contribution is 2.55. The molecule has 8 nitrogen and oxygen atoms in total. The van der Waals surface area contributed by atoms with Crippen molar-refractivity contribution in [1.29, 1.82) is 5.26 Å². The minimum Gasteiger partial charge on any atom is -0.383 e. The van der Waals surface area contributed by atoms with Gasteiger partial charge in [-0.3, -0.25) is 4.98 Å². The number of nitrogens with one attached hydrogen (secondary N) is 2. The Morgan fingerprint density at radius 3 is 2.67 bits per heavy atom. The lowest BCUT2D eigenvalue weighted by atomic mass is 9.96. The first-order valence-electron chi connectivity index (χ1n) is 13.2. The van der Waals surface area contributed by atoms with Crippen LogP contribution in [0.3, 0.4) is 0 Å². The lowest BCUT2D eigenvalue weighted by Gasteiger charge is -2.22. The topological polar surface area (TPSA) is 104 Å². The van der Waals surface area contributed by atoms with E-state index in [9.17, 15) is 18.4 Å². The fourth-order valence-electron chi connectivity index (χ4n) is 4.96. The molecule has 42 heavy (non-hydrogen) atoms. The smallest absolute Gasteiger partial charge is 0.383 e. The zero-order valence-electron chi connectivity index (χ0n) is 22.9. The molecule has 1 aliphatic rings. The van der Waals surface area contributed by atoms with Gasteiger partial charge < -0.3 is 10.6 Å². The van der Waals surface area contributed by atoms with Gasteiger partial charge in [-0.15, -0.1) is 16.4 Å². The van der Waals surface area contributed by atoms with E-state index < -0.39 is 17.8 Å². The highest BCUT2D eigenvalue weighted by atomic mass is 35.5. The molecule has 6 rings (SSSR count). The van der Waals surface area contributed by atoms with Crippen molar-refractivity contribution >= 4 is 55.4 Å². The Kier molecular flexibility index (Phi) is 6.78. The molecule has 1 saturated carbocycles. The van der Waals surface area contributed by atoms with Crippen molar-refractivity contribution in [1.82, 2.24) is 25.0 Å². The third-order valence-corrected chi connectivity index (χ3v) is 8.53. The predicted molar refractivity (Wildman–Crippen MR) is 158 cm³/mol. The molecular weight excluding hydrogens is 585 g/mol. The minimum atomic E-state index is -4.44. The average molecular weight is 611 g/mol. The monoisotopic (exact) mass is 610 g/mol. The third kappa shape index (κ3) is 5.01. The number of thiazole rings is 1. The van der Waals surface area contributed by atoms with Crippen LogP contribution in [0.1, 0.15) is 56.5 Å². The molecule has 0 unspecified atom stereocenters. The molecule has 2 aromatic carbocycles. The predicted octanol–water partition coefficient (Wildman–Crippen LogP) is 7.67. The molecule has 3 heterocycles. The zero-order valence-corrected chi connectivity index (χ0v) is 24.5. The summed E-state index contributed by atoms with van der Waals surface area (Å²) in [5, 5.41) is 25.8. The van der Waals surface area contributed by atoms with E-state index in [2.05, 4.69) is 57.8 Å². The molecule has 0 bridgehead atoms. The van der Waals surface area contributed by atoms with Crippen LogP contribution in [-0.4, -0.2) is 37.7 Å². The second kappa shape index (κ2) is 10.1. The highest BCUT2D eigenvalue weighted by molar-refractivity contribution is 7.17. The molecular formula is C29H26ClF3N8S. The summed E-state index contributed by atoms with van der Waals surface area (Å²) >= 11 is 8.15. The molecule has 5 aromatic rings. The largest absolute Gasteiger partial charge is 0.413 e. The first kappa shape index (κ1) is 28.2. The number of aromatic nitrogens is 5. The number of pyridine rings is 1. The van der Waals surface area contributed by atoms with E-state index in [0.717, 1.165) is 20.5 Å². The number of hydrogen-bond acceptors (Lipinski definition) is 8. The van der Waals surface area contributed by atoms with Crippen LogP contribution in [0.25, 0.3) is 21.1 Å². The molecule has 2 N–H and O–H groups in total. The van der Waals surface area contributed by atoms with E-state index >= 15 is 0 Å². The van der Waals surface area contributed by atoms with Crippen LogP contribution >= 0.6 is 22.9 Å². The van der Waals surface area contributed by atoms with Crippen LogP contribution < -0.4 is 10.6 Å². The molecule has 13 heteroatoms. The summed E-state index contributed by atoms with van der Waals surface area (Å²) in [6.45, 7) is 6.84. The van der Waals surface area contributed by atoms with Crippen LogP contribution in [-0.2, 0) is 5.54 Å². The van der Waals surface area contributed by atoms with Gasteiger partial charge in [-0.2, -0.15) is 18.4 Å². The standard InChI is InChI=1S/C29H26ClF3N8S/c1-27(2,3)14-36-23-16(11-34)12-35-24-19(23)9-17(10-20(24)30)38-25(18-5-4-6-21-26(18)42-15-37-21)22-13-41(40-39-22)28(7-8-28)29(31,32)33/h4-6,9-10,12-13,15,25,38H,7-8,14H2,1-3H3,(H,35,36)/t25-/m0/s1. The number of anilines is 2. The van der Waals surface area contributed by atoms with Crippen molar-refractivity contribution in [3.05, 3.63) is 70.1 Å². The Morgan fingerprint density at radius 2 is 1.98 bits per heavy atom. The van der Waals surface area contributed by atoms with E-state index in [-0.39, 0.29) is 18.3 Å². The lowest BCUT2D eigenvalue weighted by molar-refractivity contribution is -0.182. The molecule has 216 valence electrons. The van der Waals surface area contributed by atoms with E-state index in [1.807, 2.05) is 24.3 Å². The van der Waals surface area contributed by atoms with Crippen LogP contribution in [0, 0.1) is 16.7 Å². The molecule has 1 aliphatic carbocycles. The van der Waals surface area contributed by atoms with Gasteiger partial charge in [0, 0.05) is 23.8 Å². The average Bonchev–Trinajstić information content (AvgIpc) is 3.37. The van der Waals surface area contributed by atoms with Gasteiger partial charge in [0.05, 0.1) is 49.8 Å². The number of fused-ring (bicyclic) bond motifs is 2. The second-order valence-corrected chi connectivity index (χ2v) is 12.9. The second-order valence-electron chi connectivity index (χ2n) is 11.7. The Bertz CT molecular complexity index is 1850. The van der Waals surface area contributed by atoms with Crippen molar-refractivity contribution in [3.63, 3.8) is 0 Å². The van der Waals surface area contributed by atoms with Crippen molar-refractivity contribution in [3.8, 4) is 6.07 Å². The molecule has 1 atom stereocenters. The summed E-state index contributed by atoms with van der Waals surface area (Å²) < 4.78 is 43.5. The molecule has 3 aromatic heterocycles. The van der Waals surface area contributed by atoms with Crippen LogP contribution in [0.15, 0.2) is 48.2 Å². The number of hydrogen-bond donors (Lipinski definition) is 2. The maximum Gasteiger partial charge on any atom is 0.413 e. The summed E-state index contributed by atoms with van der Waals surface area (Å²) in [6, 6.07) is 10.7. The van der Waals surface area contributed by atoms with Crippen LogP contribution in [0.4, 0.5) is 24.5 Å². The van der Waals surface area contributed by atoms with E-state index in [4.69, 9.17) is 11.6 Å². The molecule has 0 aliphatic heterocycles. The molecule has 1 fully saturated rings. The van der Waals surface area contributed by atoms with Crippen molar-refractivity contribution in [2.75, 3.05) is 17.2 Å². The molecule has 0 saturated heterocycles. The van der Waals surface area contributed by atoms with E-state index in [1.165, 1.54) is 23.7 Å². The van der Waals surface area contributed by atoms with Gasteiger partial charge in [0.15, 0.2) is 5.54 Å². The fraction of sp³-hybridized carbons (Fsp3) is 0.345. The summed E-state index contributed by atoms with van der Waals surface area (Å²) in [6.07, 6.45) is -1.66. The van der Waals surface area contributed by atoms with Crippen molar-refractivity contribution in [2.24, 2.45) is 5.41 Å². The van der Waals surface area contributed by atoms with Gasteiger partial charge in [0.1, 0.15) is 11.8 Å². The van der Waals surface area contributed by atoms with Crippen LogP contribution in [0.2, 0.25) is 5.02 Å². The number of halogens is 4. The SMILES string of the molecule is CC(C)(C)CNc1c(C#N)cnc2c(Cl)cc(N[C@H](c3cn(C4(C(F)(F)F)CC4)nn3)c3cccc4ncsc34)cc12. The Balaban J connectivity index is 1.47.